The van der Waals surface area contributed by atoms with E-state index in [-0.39, 0.29) is 16.5 Å². The molecule has 0 saturated heterocycles. The molecule has 8 heteroatoms. The summed E-state index contributed by atoms with van der Waals surface area (Å²) in [7, 11) is -1.87. The first-order chi connectivity index (χ1) is 11.4. The predicted molar refractivity (Wildman–Crippen MR) is 90.2 cm³/mol. The summed E-state index contributed by atoms with van der Waals surface area (Å²) < 4.78 is 29.2. The number of carbonyl (C=O) groups excluding carboxylic acids is 1. The zero-order valence-electron chi connectivity index (χ0n) is 13.4. The molecule has 2 aromatic rings. The van der Waals surface area contributed by atoms with Gasteiger partial charge in [-0.05, 0) is 31.0 Å². The third-order valence-corrected chi connectivity index (χ3v) is 5.56. The summed E-state index contributed by atoms with van der Waals surface area (Å²) in [6, 6.07) is 7.68. The van der Waals surface area contributed by atoms with Crippen molar-refractivity contribution < 1.29 is 13.2 Å². The highest BCUT2D eigenvalue weighted by molar-refractivity contribution is 7.89. The molecule has 1 aromatic heterocycles. The first kappa shape index (κ1) is 16.7. The molecule has 1 aliphatic carbocycles. The van der Waals surface area contributed by atoms with Gasteiger partial charge < -0.3 is 5.32 Å². The van der Waals surface area contributed by atoms with E-state index >= 15 is 0 Å². The van der Waals surface area contributed by atoms with Crippen LogP contribution in [0.1, 0.15) is 36.0 Å². The molecule has 0 bridgehead atoms. The second kappa shape index (κ2) is 6.74. The van der Waals surface area contributed by atoms with Gasteiger partial charge in [0.05, 0.1) is 4.90 Å². The van der Waals surface area contributed by atoms with Gasteiger partial charge in [0, 0.05) is 30.9 Å². The summed E-state index contributed by atoms with van der Waals surface area (Å²) >= 11 is 0. The molecule has 0 atom stereocenters. The van der Waals surface area contributed by atoms with Crippen molar-refractivity contribution in [3.8, 4) is 0 Å². The lowest BCUT2D eigenvalue weighted by molar-refractivity contribution is 0.102. The van der Waals surface area contributed by atoms with Crippen LogP contribution in [0.15, 0.2) is 41.4 Å². The Labute approximate surface area is 141 Å². The van der Waals surface area contributed by atoms with Crippen molar-refractivity contribution in [3.63, 3.8) is 0 Å². The minimum Gasteiger partial charge on any atom is -0.305 e. The maximum absolute atomic E-state index is 12.5. The number of nitrogens with zero attached hydrogens (tertiary/aromatic N) is 2. The fourth-order valence-corrected chi connectivity index (χ4v) is 4.16. The Bertz CT molecular complexity index is 839. The van der Waals surface area contributed by atoms with Crippen LogP contribution in [-0.2, 0) is 17.1 Å². The Morgan fingerprint density at radius 3 is 2.67 bits per heavy atom. The summed E-state index contributed by atoms with van der Waals surface area (Å²) in [5, 5.41) is 6.71. The van der Waals surface area contributed by atoms with Gasteiger partial charge in [-0.2, -0.15) is 5.10 Å². The number of carbonyl (C=O) groups is 1. The fourth-order valence-electron chi connectivity index (χ4n) is 2.81. The Balaban J connectivity index is 1.76. The number of hydrogen-bond acceptors (Lipinski definition) is 4. The molecule has 0 spiro atoms. The SMILES string of the molecule is Cn1ccc(NC(=O)c2cccc(S(=O)(=O)NC3CCCC3)c2)n1. The number of rotatable bonds is 5. The number of aromatic nitrogens is 2. The molecule has 1 aliphatic rings. The third-order valence-electron chi connectivity index (χ3n) is 4.04. The van der Waals surface area contributed by atoms with Gasteiger partial charge in [0.1, 0.15) is 0 Å². The summed E-state index contributed by atoms with van der Waals surface area (Å²) in [6.07, 6.45) is 5.51. The van der Waals surface area contributed by atoms with Gasteiger partial charge >= 0.3 is 0 Å². The summed E-state index contributed by atoms with van der Waals surface area (Å²) in [4.78, 5) is 12.4. The molecule has 1 amide bonds. The lowest BCUT2D eigenvalue weighted by Gasteiger charge is -2.13. The summed E-state index contributed by atoms with van der Waals surface area (Å²) in [5.41, 5.74) is 0.273. The zero-order chi connectivity index (χ0) is 17.2. The maximum Gasteiger partial charge on any atom is 0.256 e. The van der Waals surface area contributed by atoms with E-state index in [0.29, 0.717) is 5.82 Å². The second-order valence-corrected chi connectivity index (χ2v) is 7.67. The number of sulfonamides is 1. The van der Waals surface area contributed by atoms with Crippen LogP contribution < -0.4 is 10.0 Å². The standard InChI is InChI=1S/C16H20N4O3S/c1-20-10-9-15(18-20)17-16(21)12-5-4-8-14(11-12)24(22,23)19-13-6-2-3-7-13/h4-5,8-11,13,19H,2-3,6-7H2,1H3,(H,17,18,21). The third kappa shape index (κ3) is 3.82. The molecule has 3 rings (SSSR count). The second-order valence-electron chi connectivity index (χ2n) is 5.96. The number of hydrogen-bond donors (Lipinski definition) is 2. The summed E-state index contributed by atoms with van der Waals surface area (Å²) in [6.45, 7) is 0. The molecule has 2 N–H and O–H groups in total. The van der Waals surface area contributed by atoms with Crippen molar-refractivity contribution in [2.75, 3.05) is 5.32 Å². The molecule has 128 valence electrons. The van der Waals surface area contributed by atoms with E-state index in [9.17, 15) is 13.2 Å². The molecule has 24 heavy (non-hydrogen) atoms. The number of benzene rings is 1. The van der Waals surface area contributed by atoms with Crippen LogP contribution in [0.4, 0.5) is 5.82 Å². The van der Waals surface area contributed by atoms with E-state index in [1.807, 2.05) is 0 Å². The number of nitrogens with one attached hydrogen (secondary N) is 2. The lowest BCUT2D eigenvalue weighted by atomic mass is 10.2. The molecular formula is C16H20N4O3S. The average Bonchev–Trinajstić information content (AvgIpc) is 3.19. The number of anilines is 1. The van der Waals surface area contributed by atoms with Crippen molar-refractivity contribution in [1.29, 1.82) is 0 Å². The van der Waals surface area contributed by atoms with E-state index in [1.165, 1.54) is 12.1 Å². The Morgan fingerprint density at radius 2 is 2.00 bits per heavy atom. The number of amides is 1. The van der Waals surface area contributed by atoms with Crippen LogP contribution in [0.5, 0.6) is 0 Å². The first-order valence-corrected chi connectivity index (χ1v) is 9.36. The van der Waals surface area contributed by atoms with Crippen molar-refractivity contribution in [2.45, 2.75) is 36.6 Å². The molecule has 1 fully saturated rings. The predicted octanol–water partition coefficient (Wildman–Crippen LogP) is 1.89. The highest BCUT2D eigenvalue weighted by Gasteiger charge is 2.23. The molecular weight excluding hydrogens is 328 g/mol. The maximum atomic E-state index is 12.5. The Morgan fingerprint density at radius 1 is 1.25 bits per heavy atom. The minimum absolute atomic E-state index is 0.0130. The van der Waals surface area contributed by atoms with Gasteiger partial charge in [-0.1, -0.05) is 18.9 Å². The van der Waals surface area contributed by atoms with E-state index < -0.39 is 15.9 Å². The fraction of sp³-hybridized carbons (Fsp3) is 0.375. The highest BCUT2D eigenvalue weighted by Crippen LogP contribution is 2.21. The van der Waals surface area contributed by atoms with Crippen LogP contribution in [0.3, 0.4) is 0 Å². The zero-order valence-corrected chi connectivity index (χ0v) is 14.2. The molecule has 1 saturated carbocycles. The van der Waals surface area contributed by atoms with E-state index in [1.54, 1.807) is 36.1 Å². The Hall–Kier alpha value is -2.19. The normalized spacial score (nSPS) is 15.5. The molecule has 0 radical (unpaired) electrons. The van der Waals surface area contributed by atoms with Gasteiger partial charge in [-0.15, -0.1) is 0 Å². The van der Waals surface area contributed by atoms with Gasteiger partial charge in [0.25, 0.3) is 5.91 Å². The van der Waals surface area contributed by atoms with Crippen molar-refractivity contribution in [3.05, 3.63) is 42.1 Å². The minimum atomic E-state index is -3.62. The van der Waals surface area contributed by atoms with Crippen molar-refractivity contribution >= 4 is 21.7 Å². The largest absolute Gasteiger partial charge is 0.305 e. The monoisotopic (exact) mass is 348 g/mol. The van der Waals surface area contributed by atoms with Crippen LogP contribution in [0, 0.1) is 0 Å². The topological polar surface area (TPSA) is 93.1 Å². The average molecular weight is 348 g/mol. The molecule has 0 unspecified atom stereocenters. The molecule has 0 aliphatic heterocycles. The number of aryl methyl sites for hydroxylation is 1. The van der Waals surface area contributed by atoms with Gasteiger partial charge in [0.2, 0.25) is 10.0 Å². The molecule has 1 heterocycles. The van der Waals surface area contributed by atoms with Crippen molar-refractivity contribution in [1.82, 2.24) is 14.5 Å². The molecule has 1 aromatic carbocycles. The smallest absolute Gasteiger partial charge is 0.256 e. The molecule has 7 nitrogen and oxygen atoms in total. The Kier molecular flexibility index (Phi) is 4.68. The highest BCUT2D eigenvalue weighted by atomic mass is 32.2. The van der Waals surface area contributed by atoms with Gasteiger partial charge in [0.15, 0.2) is 5.82 Å². The van der Waals surface area contributed by atoms with E-state index in [4.69, 9.17) is 0 Å². The van der Waals surface area contributed by atoms with E-state index in [0.717, 1.165) is 25.7 Å². The first-order valence-electron chi connectivity index (χ1n) is 7.87. The van der Waals surface area contributed by atoms with Crippen LogP contribution >= 0.6 is 0 Å². The van der Waals surface area contributed by atoms with Gasteiger partial charge in [-0.25, -0.2) is 13.1 Å². The lowest BCUT2D eigenvalue weighted by Crippen LogP contribution is -2.32. The van der Waals surface area contributed by atoms with Crippen LogP contribution in [-0.4, -0.2) is 30.1 Å². The van der Waals surface area contributed by atoms with Crippen LogP contribution in [0.25, 0.3) is 0 Å². The van der Waals surface area contributed by atoms with Crippen LogP contribution in [0.2, 0.25) is 0 Å². The van der Waals surface area contributed by atoms with Gasteiger partial charge in [-0.3, -0.25) is 9.48 Å². The summed E-state index contributed by atoms with van der Waals surface area (Å²) in [5.74, 6) is 0.0199. The van der Waals surface area contributed by atoms with E-state index in [2.05, 4.69) is 15.1 Å². The van der Waals surface area contributed by atoms with Crippen molar-refractivity contribution in [2.24, 2.45) is 7.05 Å². The quantitative estimate of drug-likeness (QED) is 0.863.